The molecule has 8 bridgehead atoms. The topological polar surface area (TPSA) is 432 Å². The molecule has 4 heterocycles. The number of hydrogen-bond acceptors (Lipinski definition) is 28. The Bertz CT molecular complexity index is 4060. The van der Waals surface area contributed by atoms with E-state index in [2.05, 4.69) is 0 Å². The van der Waals surface area contributed by atoms with Gasteiger partial charge in [0.15, 0.2) is 0 Å². The molecule has 0 saturated heterocycles. The fourth-order valence-electron chi connectivity index (χ4n) is 13.0. The molecule has 4 aliphatic heterocycles. The Morgan fingerprint density at radius 1 is 0.250 bits per heavy atom. The van der Waals surface area contributed by atoms with Crippen molar-refractivity contribution in [2.75, 3.05) is 27.2 Å². The van der Waals surface area contributed by atoms with Gasteiger partial charge in [0.05, 0.1) is 70.0 Å². The molecule has 0 fully saturated rings. The van der Waals surface area contributed by atoms with Crippen molar-refractivity contribution in [1.82, 2.24) is 0 Å². The predicted molar refractivity (Wildman–Crippen MR) is 318 cm³/mol. The van der Waals surface area contributed by atoms with Gasteiger partial charge in [-0.3, -0.25) is 0 Å². The van der Waals surface area contributed by atoms with E-state index in [-0.39, 0.29) is 328 Å². The summed E-state index contributed by atoms with van der Waals surface area (Å²) < 4.78 is 78.5. The summed E-state index contributed by atoms with van der Waals surface area (Å²) in [6.45, 7) is 2.53. The SMILES string of the molecule is CC1c2cc3c4c(COc5cc(C(=O)[O-])cc(C(=O)[O-])c5)c2OCOc2c1cc1c(c2COc2cc(C(=O)[O-])cc(C(=O)[O-])c2)OCOc2c(cc5c(c2COc2cc(C(=O)[O-])cc(C(=O)[O-])c2)OCOc2c(cc(c(c2COc2cc(C(=O)[O-])cc(C(=O)[O-])c2)OCO4)C3C)C5C)C1C.[Na+].[Na+].[Na+].[Na+].[Na+].[Na+].[Na+].[Na+]. The van der Waals surface area contributed by atoms with E-state index in [1.54, 1.807) is 27.7 Å². The maximum absolute atomic E-state index is 12.3. The average Bonchev–Trinajstić information content (AvgIpc) is 0.726. The van der Waals surface area contributed by atoms with Crippen molar-refractivity contribution >= 4 is 47.8 Å². The molecule has 1 aliphatic carbocycles. The van der Waals surface area contributed by atoms with Crippen molar-refractivity contribution in [3.05, 3.63) is 208 Å². The molecule has 0 amide bonds. The van der Waals surface area contributed by atoms with Crippen molar-refractivity contribution in [3.8, 4) is 69.0 Å². The average molecular weight is 1550 g/mol. The molecule has 0 unspecified atom stereocenters. The van der Waals surface area contributed by atoms with Gasteiger partial charge in [0.25, 0.3) is 0 Å². The Labute approximate surface area is 791 Å². The van der Waals surface area contributed by atoms with Crippen LogP contribution in [0.25, 0.3) is 0 Å². The summed E-state index contributed by atoms with van der Waals surface area (Å²) in [6.07, 6.45) is 0. The molecule has 0 radical (unpaired) electrons. The molecule has 13 rings (SSSR count). The number of carbonyl (C=O) groups is 8. The summed E-state index contributed by atoms with van der Waals surface area (Å²) in [6, 6.07) is 19.0. The van der Waals surface area contributed by atoms with Crippen LogP contribution in [0, 0.1) is 0 Å². The zero-order valence-electron chi connectivity index (χ0n) is 60.6. The Balaban J connectivity index is 0.00000261. The molecule has 8 aromatic rings. The first-order valence-electron chi connectivity index (χ1n) is 30.5. The quantitative estimate of drug-likeness (QED) is 0.0639. The van der Waals surface area contributed by atoms with Crippen LogP contribution < -0.4 is 334 Å². The third-order valence-corrected chi connectivity index (χ3v) is 17.9. The second-order valence-corrected chi connectivity index (χ2v) is 23.7. The van der Waals surface area contributed by atoms with E-state index in [9.17, 15) is 79.2 Å². The van der Waals surface area contributed by atoms with Gasteiger partial charge in [0, 0.05) is 113 Å². The molecule has 36 heteroatoms. The molecular weight excluding hydrogens is 1500 g/mol. The van der Waals surface area contributed by atoms with Crippen molar-refractivity contribution in [3.63, 3.8) is 0 Å². The molecule has 0 aromatic heterocycles. The molecule has 0 atom stereocenters. The summed E-state index contributed by atoms with van der Waals surface area (Å²) >= 11 is 0. The minimum Gasteiger partial charge on any atom is -0.545 e. The fourth-order valence-corrected chi connectivity index (χ4v) is 13.0. The number of ether oxygens (including phenoxy) is 12. The number of carbonyl (C=O) groups excluding carboxylic acids is 8. The van der Waals surface area contributed by atoms with Crippen LogP contribution in [0.4, 0.5) is 0 Å². The van der Waals surface area contributed by atoms with Gasteiger partial charge in [-0.2, -0.15) is 0 Å². The first kappa shape index (κ1) is 93.7. The van der Waals surface area contributed by atoms with Crippen LogP contribution >= 0.6 is 0 Å². The van der Waals surface area contributed by atoms with Crippen LogP contribution in [-0.4, -0.2) is 74.9 Å². The van der Waals surface area contributed by atoms with E-state index in [1.165, 1.54) is 0 Å². The van der Waals surface area contributed by atoms with Crippen molar-refractivity contribution in [2.24, 2.45) is 0 Å². The van der Waals surface area contributed by atoms with Crippen LogP contribution in [0.5, 0.6) is 69.0 Å². The second kappa shape index (κ2) is 39.2. The van der Waals surface area contributed by atoms with Gasteiger partial charge in [-0.25, -0.2) is 0 Å². The Kier molecular flexibility index (Phi) is 34.1. The zero-order valence-corrected chi connectivity index (χ0v) is 76.6. The van der Waals surface area contributed by atoms with Crippen molar-refractivity contribution < 1.29 is 373 Å². The minimum absolute atomic E-state index is 0. The van der Waals surface area contributed by atoms with Gasteiger partial charge < -0.3 is 136 Å². The summed E-state index contributed by atoms with van der Waals surface area (Å²) in [4.78, 5) is 98.1. The van der Waals surface area contributed by atoms with E-state index in [1.807, 2.05) is 24.3 Å². The van der Waals surface area contributed by atoms with Crippen molar-refractivity contribution in [1.29, 1.82) is 0 Å². The third-order valence-electron chi connectivity index (χ3n) is 17.9. The molecule has 0 N–H and O–H groups in total. The number of carboxylic acids is 8. The van der Waals surface area contributed by atoms with Crippen molar-refractivity contribution in [2.45, 2.75) is 77.8 Å². The van der Waals surface area contributed by atoms with Gasteiger partial charge in [-0.1, -0.05) is 27.7 Å². The normalized spacial score (nSPS) is 15.1. The first-order valence-corrected chi connectivity index (χ1v) is 30.5. The summed E-state index contributed by atoms with van der Waals surface area (Å²) in [7, 11) is 0. The molecule has 8 aromatic carbocycles. The summed E-state index contributed by atoms with van der Waals surface area (Å²) in [5, 5.41) is 98.1. The predicted octanol–water partition coefficient (Wildman–Crippen LogP) is -23.2. The van der Waals surface area contributed by atoms with E-state index in [4.69, 9.17) is 56.8 Å². The smallest absolute Gasteiger partial charge is 0.545 e. The number of rotatable bonds is 20. The second-order valence-electron chi connectivity index (χ2n) is 23.7. The molecular formula is C72H48Na8O28. The van der Waals surface area contributed by atoms with E-state index in [0.717, 1.165) is 72.8 Å². The van der Waals surface area contributed by atoms with Crippen LogP contribution in [0.2, 0.25) is 0 Å². The van der Waals surface area contributed by atoms with E-state index in [0.29, 0.717) is 44.5 Å². The Morgan fingerprint density at radius 2 is 0.380 bits per heavy atom. The largest absolute Gasteiger partial charge is 1.00 e. The zero-order chi connectivity index (χ0) is 70.9. The van der Waals surface area contributed by atoms with Crippen LogP contribution in [0.1, 0.15) is 201 Å². The summed E-state index contributed by atoms with van der Waals surface area (Å²) in [5.74, 6) is -17.7. The number of benzene rings is 8. The summed E-state index contributed by atoms with van der Waals surface area (Å²) in [5.41, 5.74) is -0.553. The Morgan fingerprint density at radius 3 is 0.500 bits per heavy atom. The maximum atomic E-state index is 12.3. The van der Waals surface area contributed by atoms with Gasteiger partial charge in [0.1, 0.15) is 95.4 Å². The van der Waals surface area contributed by atoms with Gasteiger partial charge in [-0.05, 0) is 97.1 Å². The van der Waals surface area contributed by atoms with Crippen LogP contribution in [0.3, 0.4) is 0 Å². The van der Waals surface area contributed by atoms with Gasteiger partial charge in [-0.15, -0.1) is 0 Å². The van der Waals surface area contributed by atoms with E-state index < -0.39 is 170 Å². The molecule has 28 nitrogen and oxygen atoms in total. The monoisotopic (exact) mass is 1540 g/mol. The molecule has 108 heavy (non-hydrogen) atoms. The van der Waals surface area contributed by atoms with Gasteiger partial charge >= 0.3 is 236 Å². The van der Waals surface area contributed by atoms with Gasteiger partial charge in [0.2, 0.25) is 27.2 Å². The van der Waals surface area contributed by atoms with Crippen LogP contribution in [0.15, 0.2) is 97.1 Å². The maximum Gasteiger partial charge on any atom is 1.00 e. The number of carboxylic acid groups (broad SMARTS) is 8. The number of aromatic carboxylic acids is 8. The third kappa shape index (κ3) is 19.0. The van der Waals surface area contributed by atoms with Crippen LogP contribution in [-0.2, 0) is 26.4 Å². The Hall–Kier alpha value is -4.88. The molecule has 0 saturated carbocycles. The molecule has 512 valence electrons. The van der Waals surface area contributed by atoms with E-state index >= 15 is 0 Å². The molecule has 0 spiro atoms. The molecule has 5 aliphatic rings. The standard InChI is InChI=1S/C72H56O28.8Na/c1-29-45-17-47-30(2)49-19-51-32(4)52-20-50-31(3)48-18-46(29)58-54(22-90-42-11-35(67(77)78)6-36(12-42)68(79)80)60(48)96-27-98-62(50)56(24-92-44-15-39(71(85)86)8-40(16-44)72(87)88)64(52)100-28-99-63(51)55(23-91-43-13-37(69(81)82)7-38(14-43)70(83)84)61(49)97-26-95-59(47)53(57(45)93-25-94-58)21-89-41-9-33(65(73)74)5-34(10-41)66(75)76;;;;;;;;/h5-20,29-32H,21-28H2,1-4H3,(H,73,74)(H,75,76)(H,77,78)(H,79,80)(H,81,82)(H,83,84)(H,85,86)(H,87,88);;;;;;;;/q;8*+1/p-8. The fraction of sp³-hybridized carbons (Fsp3) is 0.222. The first-order chi connectivity index (χ1) is 47.8. The number of hydrogen-bond donors (Lipinski definition) is 0. The minimum atomic E-state index is -1.73.